The topological polar surface area (TPSA) is 67.2 Å². The average molecular weight is 468 g/mol. The summed E-state index contributed by atoms with van der Waals surface area (Å²) in [6, 6.07) is 20.0. The molecular weight excluding hydrogens is 434 g/mol. The third-order valence-corrected chi connectivity index (χ3v) is 7.46. The number of rotatable bonds is 5. The smallest absolute Gasteiger partial charge is 0.305 e. The van der Waals surface area contributed by atoms with Crippen molar-refractivity contribution in [3.63, 3.8) is 0 Å². The summed E-state index contributed by atoms with van der Waals surface area (Å²) in [6.07, 6.45) is 3.04. The van der Waals surface area contributed by atoms with Crippen molar-refractivity contribution >= 4 is 22.6 Å². The van der Waals surface area contributed by atoms with Gasteiger partial charge in [0.25, 0.3) is 0 Å². The minimum absolute atomic E-state index is 0.157. The van der Waals surface area contributed by atoms with E-state index in [-0.39, 0.29) is 22.5 Å². The third kappa shape index (κ3) is 4.55. The minimum Gasteiger partial charge on any atom is -0.456 e. The molecule has 1 aliphatic carbocycles. The fourth-order valence-corrected chi connectivity index (χ4v) is 5.06. The Hall–Kier alpha value is -3.60. The maximum atomic E-state index is 12.7. The Kier molecular flexibility index (Phi) is 5.66. The van der Waals surface area contributed by atoms with Crippen LogP contribution in [0.4, 0.5) is 5.82 Å². The molecule has 180 valence electrons. The van der Waals surface area contributed by atoms with Gasteiger partial charge in [0, 0.05) is 11.8 Å². The molecule has 0 spiro atoms. The van der Waals surface area contributed by atoms with E-state index in [0.29, 0.717) is 12.2 Å². The maximum absolute atomic E-state index is 12.7. The molecule has 0 unspecified atom stereocenters. The van der Waals surface area contributed by atoms with Gasteiger partial charge in [-0.15, -0.1) is 0 Å². The molecule has 0 saturated carbocycles. The number of pyridine rings is 1. The highest BCUT2D eigenvalue weighted by Gasteiger charge is 2.37. The Balaban J connectivity index is 1.30. The first-order valence-electron chi connectivity index (χ1n) is 12.3. The van der Waals surface area contributed by atoms with Crippen LogP contribution in [-0.4, -0.2) is 10.9 Å². The summed E-state index contributed by atoms with van der Waals surface area (Å²) in [7, 11) is 0. The molecule has 5 nitrogen and oxygen atoms in total. The second kappa shape index (κ2) is 8.56. The van der Waals surface area contributed by atoms with Gasteiger partial charge in [0.1, 0.15) is 11.6 Å². The summed E-state index contributed by atoms with van der Waals surface area (Å²) in [4.78, 5) is 17.2. The Bertz CT molecular complexity index is 1410. The molecule has 2 N–H and O–H groups in total. The van der Waals surface area contributed by atoms with Gasteiger partial charge in [-0.25, -0.2) is 4.98 Å². The van der Waals surface area contributed by atoms with Crippen LogP contribution in [-0.2, 0) is 17.3 Å². The second-order valence-electron chi connectivity index (χ2n) is 11.0. The number of nitrogens with one attached hydrogen (secondary N) is 2. The monoisotopic (exact) mass is 467 g/mol. The molecule has 1 aliphatic rings. The van der Waals surface area contributed by atoms with Crippen LogP contribution >= 0.6 is 0 Å². The number of para-hydroxylation sites is 1. The van der Waals surface area contributed by atoms with Crippen molar-refractivity contribution in [3.05, 3.63) is 94.4 Å². The molecule has 0 saturated heterocycles. The van der Waals surface area contributed by atoms with Crippen LogP contribution in [0, 0.1) is 6.92 Å². The number of fused-ring (bicyclic) bond motifs is 2. The van der Waals surface area contributed by atoms with Crippen LogP contribution in [0.1, 0.15) is 79.1 Å². The number of nitrogens with zero attached hydrogens (tertiary/aromatic N) is 1. The lowest BCUT2D eigenvalue weighted by Crippen LogP contribution is -2.34. The molecule has 0 bridgehead atoms. The standard InChI is InChI=1S/C30H33N3O2/c1-19-16-23-24(30(4,5)15-14-29(23,2)3)18-21(19)17-22-11-12-26(35-22)28(34)33-32-27-13-10-20-8-6-7-9-25(20)31-27/h6-13,16,18H,14-15,17H2,1-5H3,(H,31,32)(H,33,34). The first-order valence-corrected chi connectivity index (χ1v) is 12.3. The molecule has 2 heterocycles. The van der Waals surface area contributed by atoms with E-state index >= 15 is 0 Å². The SMILES string of the molecule is Cc1cc2c(cc1Cc1ccc(C(=O)NNc3ccc4ccccc4n3)o1)C(C)(C)CCC2(C)C. The fourth-order valence-electron chi connectivity index (χ4n) is 5.06. The quantitative estimate of drug-likeness (QED) is 0.316. The summed E-state index contributed by atoms with van der Waals surface area (Å²) in [5, 5.41) is 1.05. The first-order chi connectivity index (χ1) is 16.6. The van der Waals surface area contributed by atoms with Crippen molar-refractivity contribution in [2.24, 2.45) is 0 Å². The number of carbonyl (C=O) groups excluding carboxylic acids is 1. The van der Waals surface area contributed by atoms with E-state index in [1.807, 2.05) is 42.5 Å². The normalized spacial score (nSPS) is 16.0. The van der Waals surface area contributed by atoms with Gasteiger partial charge < -0.3 is 4.42 Å². The zero-order valence-corrected chi connectivity index (χ0v) is 21.2. The van der Waals surface area contributed by atoms with Crippen LogP contribution in [0.15, 0.2) is 65.1 Å². The van der Waals surface area contributed by atoms with Crippen molar-refractivity contribution in [1.29, 1.82) is 0 Å². The lowest BCUT2D eigenvalue weighted by atomic mass is 9.62. The Labute approximate surface area is 206 Å². The van der Waals surface area contributed by atoms with Gasteiger partial charge in [-0.1, -0.05) is 58.0 Å². The number of hydrogen-bond acceptors (Lipinski definition) is 4. The van der Waals surface area contributed by atoms with E-state index in [2.05, 4.69) is 62.6 Å². The number of hydrogen-bond donors (Lipinski definition) is 2. The van der Waals surface area contributed by atoms with E-state index < -0.39 is 0 Å². The predicted molar refractivity (Wildman–Crippen MR) is 141 cm³/mol. The molecule has 0 fully saturated rings. The van der Waals surface area contributed by atoms with E-state index in [9.17, 15) is 4.79 Å². The minimum atomic E-state index is -0.337. The lowest BCUT2D eigenvalue weighted by Gasteiger charge is -2.42. The summed E-state index contributed by atoms with van der Waals surface area (Å²) < 4.78 is 5.93. The molecule has 2 aromatic carbocycles. The molecule has 0 aliphatic heterocycles. The maximum Gasteiger partial charge on any atom is 0.305 e. The average Bonchev–Trinajstić information content (AvgIpc) is 3.30. The van der Waals surface area contributed by atoms with Crippen molar-refractivity contribution in [2.75, 3.05) is 5.43 Å². The molecular formula is C30H33N3O2. The van der Waals surface area contributed by atoms with Crippen LogP contribution < -0.4 is 10.9 Å². The van der Waals surface area contributed by atoms with E-state index in [1.165, 1.54) is 35.1 Å². The van der Waals surface area contributed by atoms with E-state index in [0.717, 1.165) is 16.7 Å². The molecule has 0 atom stereocenters. The number of anilines is 1. The molecule has 0 radical (unpaired) electrons. The van der Waals surface area contributed by atoms with Gasteiger partial charge in [-0.05, 0) is 83.2 Å². The highest BCUT2D eigenvalue weighted by atomic mass is 16.4. The largest absolute Gasteiger partial charge is 0.456 e. The Morgan fingerprint density at radius 1 is 0.943 bits per heavy atom. The van der Waals surface area contributed by atoms with Crippen molar-refractivity contribution in [1.82, 2.24) is 10.4 Å². The molecule has 5 rings (SSSR count). The van der Waals surface area contributed by atoms with E-state index in [4.69, 9.17) is 4.42 Å². The van der Waals surface area contributed by atoms with Crippen LogP contribution in [0.3, 0.4) is 0 Å². The lowest BCUT2D eigenvalue weighted by molar-refractivity contribution is 0.0933. The Morgan fingerprint density at radius 2 is 1.66 bits per heavy atom. The summed E-state index contributed by atoms with van der Waals surface area (Å²) in [5.41, 5.74) is 12.2. The third-order valence-electron chi connectivity index (χ3n) is 7.46. The van der Waals surface area contributed by atoms with Gasteiger partial charge in [0.15, 0.2) is 5.76 Å². The van der Waals surface area contributed by atoms with Gasteiger partial charge in [-0.2, -0.15) is 0 Å². The highest BCUT2D eigenvalue weighted by molar-refractivity contribution is 5.92. The number of carbonyl (C=O) groups is 1. The van der Waals surface area contributed by atoms with Crippen LogP contribution in [0.25, 0.3) is 10.9 Å². The van der Waals surface area contributed by atoms with Crippen LogP contribution in [0.5, 0.6) is 0 Å². The van der Waals surface area contributed by atoms with Crippen molar-refractivity contribution in [3.8, 4) is 0 Å². The van der Waals surface area contributed by atoms with Crippen molar-refractivity contribution in [2.45, 2.75) is 64.7 Å². The molecule has 1 amide bonds. The van der Waals surface area contributed by atoms with Gasteiger partial charge in [-0.3, -0.25) is 15.6 Å². The second-order valence-corrected chi connectivity index (χ2v) is 11.0. The Morgan fingerprint density at radius 3 is 2.43 bits per heavy atom. The number of furan rings is 1. The molecule has 2 aromatic heterocycles. The number of benzene rings is 2. The van der Waals surface area contributed by atoms with Gasteiger partial charge in [0.05, 0.1) is 5.52 Å². The zero-order chi connectivity index (χ0) is 24.8. The summed E-state index contributed by atoms with van der Waals surface area (Å²) in [5.74, 6) is 1.27. The van der Waals surface area contributed by atoms with E-state index in [1.54, 1.807) is 6.07 Å². The number of amides is 1. The predicted octanol–water partition coefficient (Wildman–Crippen LogP) is 6.83. The van der Waals surface area contributed by atoms with Gasteiger partial charge in [0.2, 0.25) is 0 Å². The first kappa shape index (κ1) is 23.2. The molecule has 4 aromatic rings. The number of aryl methyl sites for hydroxylation is 1. The van der Waals surface area contributed by atoms with Gasteiger partial charge >= 0.3 is 5.91 Å². The number of hydrazine groups is 1. The number of aromatic nitrogens is 1. The molecule has 35 heavy (non-hydrogen) atoms. The summed E-state index contributed by atoms with van der Waals surface area (Å²) in [6.45, 7) is 11.5. The highest BCUT2D eigenvalue weighted by Crippen LogP contribution is 2.46. The van der Waals surface area contributed by atoms with Crippen molar-refractivity contribution < 1.29 is 9.21 Å². The summed E-state index contributed by atoms with van der Waals surface area (Å²) >= 11 is 0. The van der Waals surface area contributed by atoms with Crippen LogP contribution in [0.2, 0.25) is 0 Å². The zero-order valence-electron chi connectivity index (χ0n) is 21.2. The molecule has 5 heteroatoms. The fraction of sp³-hybridized carbons (Fsp3) is 0.333.